The monoisotopic (exact) mass is 731 g/mol. The third-order valence-electron chi connectivity index (χ3n) is 8.02. The molecule has 0 saturated carbocycles. The van der Waals surface area contributed by atoms with Crippen LogP contribution in [-0.2, 0) is 43.3 Å². The minimum Gasteiger partial charge on any atom is -0.445 e. The van der Waals surface area contributed by atoms with Crippen molar-refractivity contribution in [1.82, 2.24) is 21.3 Å². The zero-order chi connectivity index (χ0) is 39.0. The Morgan fingerprint density at radius 3 is 1.60 bits per heavy atom. The van der Waals surface area contributed by atoms with Gasteiger partial charge in [-0.3, -0.25) is 14.4 Å². The molecule has 0 aromatic heterocycles. The second-order valence-corrected chi connectivity index (χ2v) is 14.4. The third-order valence-corrected chi connectivity index (χ3v) is 8.02. The molecule has 0 fully saturated rings. The fourth-order valence-electron chi connectivity index (χ4n) is 5.57. The molecule has 0 radical (unpaired) electrons. The molecule has 0 saturated heterocycles. The molecule has 53 heavy (non-hydrogen) atoms. The number of primary amides is 1. The smallest absolute Gasteiger partial charge is 0.408 e. The molecular formula is C40H53N5O8. The molecule has 0 spiro atoms. The summed E-state index contributed by atoms with van der Waals surface area (Å²) >= 11 is 0. The highest BCUT2D eigenvalue weighted by Gasteiger charge is 2.35. The summed E-state index contributed by atoms with van der Waals surface area (Å²) in [5.74, 6) is -2.45. The molecule has 7 N–H and O–H groups in total. The lowest BCUT2D eigenvalue weighted by Gasteiger charge is -2.33. The van der Waals surface area contributed by atoms with Crippen LogP contribution in [0.5, 0.6) is 0 Å². The molecule has 13 heteroatoms. The number of carbonyl (C=O) groups is 5. The first-order valence-corrected chi connectivity index (χ1v) is 17.7. The maximum Gasteiger partial charge on any atom is 0.408 e. The summed E-state index contributed by atoms with van der Waals surface area (Å²) in [6.45, 7) is 8.85. The predicted molar refractivity (Wildman–Crippen MR) is 200 cm³/mol. The third kappa shape index (κ3) is 15.8. The van der Waals surface area contributed by atoms with Crippen LogP contribution in [0.25, 0.3) is 0 Å². The van der Waals surface area contributed by atoms with Gasteiger partial charge in [0, 0.05) is 0 Å². The molecule has 3 unspecified atom stereocenters. The zero-order valence-electron chi connectivity index (χ0n) is 31.0. The van der Waals surface area contributed by atoms with Crippen LogP contribution >= 0.6 is 0 Å². The summed E-state index contributed by atoms with van der Waals surface area (Å²) in [6.07, 6.45) is -3.03. The molecule has 0 heterocycles. The maximum absolute atomic E-state index is 14.0. The van der Waals surface area contributed by atoms with Crippen molar-refractivity contribution in [2.24, 2.45) is 11.7 Å². The van der Waals surface area contributed by atoms with Crippen molar-refractivity contribution < 1.29 is 38.6 Å². The van der Waals surface area contributed by atoms with Crippen LogP contribution < -0.4 is 27.0 Å². The van der Waals surface area contributed by atoms with Crippen molar-refractivity contribution >= 4 is 29.9 Å². The van der Waals surface area contributed by atoms with Crippen molar-refractivity contribution in [3.63, 3.8) is 0 Å². The van der Waals surface area contributed by atoms with E-state index in [9.17, 15) is 29.1 Å². The van der Waals surface area contributed by atoms with Gasteiger partial charge in [0.2, 0.25) is 17.7 Å². The molecule has 0 aliphatic carbocycles. The summed E-state index contributed by atoms with van der Waals surface area (Å²) in [6, 6.07) is 22.8. The number of benzene rings is 3. The number of hydrogen-bond acceptors (Lipinski definition) is 8. The molecule has 5 atom stereocenters. The lowest BCUT2D eigenvalue weighted by molar-refractivity contribution is -0.133. The highest BCUT2D eigenvalue weighted by Crippen LogP contribution is 2.16. The Morgan fingerprint density at radius 1 is 0.660 bits per heavy atom. The molecule has 0 aliphatic rings. The zero-order valence-corrected chi connectivity index (χ0v) is 31.0. The van der Waals surface area contributed by atoms with E-state index < -0.39 is 72.2 Å². The standard InChI is InChI=1S/C40H53N5O8/c1-26(2)21-32(45-38(50)52-25-29-19-13-8-14-20-29)36(48)43-33(24-34(41)46)37(49)42-30(22-27-15-9-6-10-16-27)35(47)31(23-28-17-11-7-12-18-28)44-39(51)53-40(3,4)5/h6-20,26,30-33,35,47H,21-25H2,1-5H3,(H2,41,46)(H,42,49)(H,43,48)(H,44,51)(H,45,50)/t30?,31?,32-,33-,35?/m0/s1. The normalized spacial score (nSPS) is 14.1. The number of rotatable bonds is 18. The average molecular weight is 732 g/mol. The maximum atomic E-state index is 14.0. The number of carbonyl (C=O) groups excluding carboxylic acids is 5. The number of nitrogens with two attached hydrogens (primary N) is 1. The second-order valence-electron chi connectivity index (χ2n) is 14.4. The van der Waals surface area contributed by atoms with E-state index in [1.807, 2.05) is 80.6 Å². The number of aliphatic hydroxyl groups excluding tert-OH is 1. The predicted octanol–water partition coefficient (Wildman–Crippen LogP) is 3.91. The van der Waals surface area contributed by atoms with Gasteiger partial charge >= 0.3 is 12.2 Å². The van der Waals surface area contributed by atoms with Crippen LogP contribution in [0.1, 0.15) is 64.2 Å². The Hall–Kier alpha value is -5.43. The molecule has 13 nitrogen and oxygen atoms in total. The fraction of sp³-hybridized carbons (Fsp3) is 0.425. The van der Waals surface area contributed by atoms with E-state index >= 15 is 0 Å². The van der Waals surface area contributed by atoms with Crippen molar-refractivity contribution in [2.45, 2.75) is 103 Å². The fourth-order valence-corrected chi connectivity index (χ4v) is 5.57. The van der Waals surface area contributed by atoms with Crippen LogP contribution in [0.4, 0.5) is 9.59 Å². The summed E-state index contributed by atoms with van der Waals surface area (Å²) in [4.78, 5) is 65.5. The molecule has 3 rings (SSSR count). The highest BCUT2D eigenvalue weighted by atomic mass is 16.6. The molecular weight excluding hydrogens is 678 g/mol. The van der Waals surface area contributed by atoms with E-state index in [-0.39, 0.29) is 31.8 Å². The first-order chi connectivity index (χ1) is 25.1. The highest BCUT2D eigenvalue weighted by molar-refractivity contribution is 5.94. The van der Waals surface area contributed by atoms with Gasteiger partial charge in [-0.1, -0.05) is 105 Å². The van der Waals surface area contributed by atoms with Gasteiger partial charge < -0.3 is 41.6 Å². The van der Waals surface area contributed by atoms with Crippen LogP contribution in [0, 0.1) is 5.92 Å². The van der Waals surface area contributed by atoms with Crippen molar-refractivity contribution in [1.29, 1.82) is 0 Å². The molecule has 3 aromatic carbocycles. The van der Waals surface area contributed by atoms with Crippen LogP contribution in [0.15, 0.2) is 91.0 Å². The topological polar surface area (TPSA) is 198 Å². The van der Waals surface area contributed by atoms with E-state index in [0.717, 1.165) is 16.7 Å². The molecule has 0 aliphatic heterocycles. The summed E-state index contributed by atoms with van der Waals surface area (Å²) in [5.41, 5.74) is 7.03. The van der Waals surface area contributed by atoms with Crippen LogP contribution in [0.2, 0.25) is 0 Å². The van der Waals surface area contributed by atoms with E-state index in [1.165, 1.54) is 0 Å². The molecule has 0 bridgehead atoms. The summed E-state index contributed by atoms with van der Waals surface area (Å²) in [7, 11) is 0. The van der Waals surface area contributed by atoms with Gasteiger partial charge in [-0.25, -0.2) is 9.59 Å². The minimum absolute atomic E-state index is 0.0193. The van der Waals surface area contributed by atoms with Crippen molar-refractivity contribution in [3.05, 3.63) is 108 Å². The Kier molecular flexibility index (Phi) is 16.3. The van der Waals surface area contributed by atoms with Gasteiger partial charge in [-0.2, -0.15) is 0 Å². The second kappa shape index (κ2) is 20.6. The molecule has 3 aromatic rings. The minimum atomic E-state index is -1.46. The number of aliphatic hydroxyl groups is 1. The largest absolute Gasteiger partial charge is 0.445 e. The van der Waals surface area contributed by atoms with E-state index in [0.29, 0.717) is 0 Å². The first kappa shape index (κ1) is 42.0. The van der Waals surface area contributed by atoms with Gasteiger partial charge in [-0.05, 0) is 62.6 Å². The van der Waals surface area contributed by atoms with Crippen molar-refractivity contribution in [3.8, 4) is 0 Å². The van der Waals surface area contributed by atoms with Gasteiger partial charge in [-0.15, -0.1) is 0 Å². The van der Waals surface area contributed by atoms with Gasteiger partial charge in [0.15, 0.2) is 0 Å². The lowest BCUT2D eigenvalue weighted by Crippen LogP contribution is -2.60. The van der Waals surface area contributed by atoms with E-state index in [1.54, 1.807) is 45.0 Å². The Labute approximate surface area is 311 Å². The number of nitrogens with one attached hydrogen (secondary N) is 4. The summed E-state index contributed by atoms with van der Waals surface area (Å²) < 4.78 is 10.8. The Morgan fingerprint density at radius 2 is 1.13 bits per heavy atom. The number of amides is 5. The Bertz CT molecular complexity index is 1620. The van der Waals surface area contributed by atoms with E-state index in [2.05, 4.69) is 21.3 Å². The van der Waals surface area contributed by atoms with Crippen LogP contribution in [-0.4, -0.2) is 70.9 Å². The van der Waals surface area contributed by atoms with Crippen LogP contribution in [0.3, 0.4) is 0 Å². The average Bonchev–Trinajstić information content (AvgIpc) is 3.09. The lowest BCUT2D eigenvalue weighted by atomic mass is 9.92. The number of hydrogen-bond donors (Lipinski definition) is 6. The SMILES string of the molecule is CC(C)C[C@H](NC(=O)OCc1ccccc1)C(=O)N[C@@H](CC(N)=O)C(=O)NC(Cc1ccccc1)C(O)C(Cc1ccccc1)NC(=O)OC(C)(C)C. The van der Waals surface area contributed by atoms with Crippen molar-refractivity contribution in [2.75, 3.05) is 0 Å². The Balaban J connectivity index is 1.86. The molecule has 286 valence electrons. The number of ether oxygens (including phenoxy) is 2. The quantitative estimate of drug-likeness (QED) is 0.113. The molecule has 5 amide bonds. The van der Waals surface area contributed by atoms with Gasteiger partial charge in [0.05, 0.1) is 24.6 Å². The first-order valence-electron chi connectivity index (χ1n) is 17.7. The van der Waals surface area contributed by atoms with Gasteiger partial charge in [0.25, 0.3) is 0 Å². The van der Waals surface area contributed by atoms with E-state index in [4.69, 9.17) is 15.2 Å². The summed E-state index contributed by atoms with van der Waals surface area (Å²) in [5, 5.41) is 22.6. The number of alkyl carbamates (subject to hydrolysis) is 2. The van der Waals surface area contributed by atoms with Gasteiger partial charge in [0.1, 0.15) is 24.3 Å².